The van der Waals surface area contributed by atoms with E-state index in [1.165, 1.54) is 5.56 Å². The Hall–Kier alpha value is -3.15. The predicted octanol–water partition coefficient (Wildman–Crippen LogP) is 3.56. The van der Waals surface area contributed by atoms with Gasteiger partial charge in [0, 0.05) is 23.5 Å². The summed E-state index contributed by atoms with van der Waals surface area (Å²) >= 11 is 0. The predicted molar refractivity (Wildman–Crippen MR) is 114 cm³/mol. The van der Waals surface area contributed by atoms with E-state index in [-0.39, 0.29) is 11.8 Å². The van der Waals surface area contributed by atoms with Gasteiger partial charge in [-0.15, -0.1) is 0 Å². The number of hydrogen-bond acceptors (Lipinski definition) is 4. The summed E-state index contributed by atoms with van der Waals surface area (Å²) in [6, 6.07) is 14.4. The van der Waals surface area contributed by atoms with Crippen LogP contribution in [0.1, 0.15) is 61.4 Å². The summed E-state index contributed by atoms with van der Waals surface area (Å²) in [6.07, 6.45) is 2.52. The highest BCUT2D eigenvalue weighted by Crippen LogP contribution is 2.31. The fraction of sp³-hybridized carbons (Fsp3) is 0.375. The average molecular weight is 407 g/mol. The van der Waals surface area contributed by atoms with Gasteiger partial charge in [0.05, 0.1) is 11.3 Å². The van der Waals surface area contributed by atoms with Crippen molar-refractivity contribution in [1.82, 2.24) is 0 Å². The molecule has 2 unspecified atom stereocenters. The number of para-hydroxylation sites is 1. The van der Waals surface area contributed by atoms with Gasteiger partial charge in [-0.1, -0.05) is 51.0 Å². The van der Waals surface area contributed by atoms with Gasteiger partial charge in [-0.05, 0) is 48.6 Å². The third-order valence-corrected chi connectivity index (χ3v) is 5.67. The molecule has 0 aliphatic heterocycles. The van der Waals surface area contributed by atoms with Crippen LogP contribution >= 0.6 is 0 Å². The number of nitrogens with one attached hydrogen (secondary N) is 2. The summed E-state index contributed by atoms with van der Waals surface area (Å²) in [5.74, 6) is -2.96. The Balaban J connectivity index is 1.74. The first kappa shape index (κ1) is 21.6. The normalized spacial score (nSPS) is 18.6. The van der Waals surface area contributed by atoms with Gasteiger partial charge in [-0.25, -0.2) is 0 Å². The minimum absolute atomic E-state index is 0.319. The maximum atomic E-state index is 12.8. The van der Waals surface area contributed by atoms with E-state index in [2.05, 4.69) is 24.5 Å². The van der Waals surface area contributed by atoms with Crippen molar-refractivity contribution in [1.29, 1.82) is 0 Å². The SMILES string of the molecule is CC(C)c1ccc(NC(=O)c2ccccc2NC(=O)C2CCCCC2C(=O)[O-])cc1. The lowest BCUT2D eigenvalue weighted by atomic mass is 9.78. The minimum atomic E-state index is -1.19. The Kier molecular flexibility index (Phi) is 6.87. The Bertz CT molecular complexity index is 921. The molecule has 0 radical (unpaired) electrons. The molecular weight excluding hydrogens is 380 g/mol. The summed E-state index contributed by atoms with van der Waals surface area (Å²) in [5.41, 5.74) is 2.52. The van der Waals surface area contributed by atoms with E-state index in [0.717, 1.165) is 12.8 Å². The fourth-order valence-corrected chi connectivity index (χ4v) is 3.89. The van der Waals surface area contributed by atoms with Crippen molar-refractivity contribution < 1.29 is 19.5 Å². The Morgan fingerprint density at radius 1 is 0.900 bits per heavy atom. The van der Waals surface area contributed by atoms with Gasteiger partial charge in [-0.2, -0.15) is 0 Å². The largest absolute Gasteiger partial charge is 0.550 e. The van der Waals surface area contributed by atoms with Gasteiger partial charge in [0.25, 0.3) is 5.91 Å². The molecule has 3 rings (SSSR count). The van der Waals surface area contributed by atoms with Crippen LogP contribution in [0.15, 0.2) is 48.5 Å². The zero-order chi connectivity index (χ0) is 21.7. The lowest BCUT2D eigenvalue weighted by Gasteiger charge is -2.31. The summed E-state index contributed by atoms with van der Waals surface area (Å²) < 4.78 is 0. The monoisotopic (exact) mass is 407 g/mol. The molecule has 2 aromatic rings. The van der Waals surface area contributed by atoms with Crippen molar-refractivity contribution in [3.05, 3.63) is 59.7 Å². The highest BCUT2D eigenvalue weighted by Gasteiger charge is 2.32. The van der Waals surface area contributed by atoms with E-state index >= 15 is 0 Å². The van der Waals surface area contributed by atoms with Gasteiger partial charge in [0.2, 0.25) is 5.91 Å². The summed E-state index contributed by atoms with van der Waals surface area (Å²) in [7, 11) is 0. The molecule has 0 aromatic heterocycles. The standard InChI is InChI=1S/C24H28N2O4/c1-15(2)16-11-13-17(14-12-16)25-23(28)20-9-5-6-10-21(20)26-22(27)18-7-3-4-8-19(18)24(29)30/h5-6,9-15,18-19H,3-4,7-8H2,1-2H3,(H,25,28)(H,26,27)(H,29,30)/p-1. The van der Waals surface area contributed by atoms with Crippen LogP contribution in [0.4, 0.5) is 11.4 Å². The van der Waals surface area contributed by atoms with Crippen LogP contribution in [-0.4, -0.2) is 17.8 Å². The number of carboxylic acids is 1. The molecule has 2 N–H and O–H groups in total. The molecule has 6 heteroatoms. The van der Waals surface area contributed by atoms with E-state index in [1.54, 1.807) is 24.3 Å². The van der Waals surface area contributed by atoms with E-state index < -0.39 is 17.8 Å². The molecule has 1 fully saturated rings. The first-order valence-electron chi connectivity index (χ1n) is 10.4. The zero-order valence-electron chi connectivity index (χ0n) is 17.3. The number of hydrogen-bond donors (Lipinski definition) is 2. The smallest absolute Gasteiger partial charge is 0.257 e. The molecule has 158 valence electrons. The molecule has 2 atom stereocenters. The molecule has 1 saturated carbocycles. The second kappa shape index (κ2) is 9.57. The third kappa shape index (κ3) is 5.06. The van der Waals surface area contributed by atoms with Crippen molar-refractivity contribution in [2.24, 2.45) is 11.8 Å². The first-order chi connectivity index (χ1) is 14.4. The third-order valence-electron chi connectivity index (χ3n) is 5.67. The molecule has 0 heterocycles. The maximum absolute atomic E-state index is 12.8. The van der Waals surface area contributed by atoms with Crippen LogP contribution in [-0.2, 0) is 9.59 Å². The Morgan fingerprint density at radius 3 is 2.17 bits per heavy atom. The van der Waals surface area contributed by atoms with Crippen molar-refractivity contribution in [3.63, 3.8) is 0 Å². The molecular formula is C24H27N2O4-. The average Bonchev–Trinajstić information content (AvgIpc) is 2.74. The highest BCUT2D eigenvalue weighted by atomic mass is 16.4. The highest BCUT2D eigenvalue weighted by molar-refractivity contribution is 6.10. The van der Waals surface area contributed by atoms with Crippen molar-refractivity contribution >= 4 is 29.2 Å². The second-order valence-electron chi connectivity index (χ2n) is 8.08. The number of carbonyl (C=O) groups excluding carboxylic acids is 3. The molecule has 6 nitrogen and oxygen atoms in total. The number of amides is 2. The lowest BCUT2D eigenvalue weighted by Crippen LogP contribution is -2.42. The van der Waals surface area contributed by atoms with Crippen LogP contribution in [0.5, 0.6) is 0 Å². The summed E-state index contributed by atoms with van der Waals surface area (Å²) in [4.78, 5) is 37.0. The number of carbonyl (C=O) groups is 3. The van der Waals surface area contributed by atoms with Crippen molar-refractivity contribution in [2.45, 2.75) is 45.4 Å². The van der Waals surface area contributed by atoms with Gasteiger partial charge in [0.15, 0.2) is 0 Å². The van der Waals surface area contributed by atoms with Gasteiger partial charge < -0.3 is 20.5 Å². The van der Waals surface area contributed by atoms with Gasteiger partial charge in [-0.3, -0.25) is 9.59 Å². The molecule has 1 aliphatic rings. The molecule has 0 saturated heterocycles. The number of carboxylic acid groups (broad SMARTS) is 1. The second-order valence-corrected chi connectivity index (χ2v) is 8.08. The van der Waals surface area contributed by atoms with E-state index in [1.807, 2.05) is 24.3 Å². The number of benzene rings is 2. The fourth-order valence-electron chi connectivity index (χ4n) is 3.89. The summed E-state index contributed by atoms with van der Waals surface area (Å²) in [6.45, 7) is 4.20. The molecule has 2 amide bonds. The quantitative estimate of drug-likeness (QED) is 0.765. The minimum Gasteiger partial charge on any atom is -0.550 e. The molecule has 1 aliphatic carbocycles. The first-order valence-corrected chi connectivity index (χ1v) is 10.4. The van der Waals surface area contributed by atoms with E-state index in [9.17, 15) is 19.5 Å². The van der Waals surface area contributed by atoms with Crippen LogP contribution in [0.2, 0.25) is 0 Å². The van der Waals surface area contributed by atoms with Crippen LogP contribution in [0, 0.1) is 11.8 Å². The van der Waals surface area contributed by atoms with E-state index in [4.69, 9.17) is 0 Å². The zero-order valence-corrected chi connectivity index (χ0v) is 17.3. The Labute approximate surface area is 176 Å². The molecule has 30 heavy (non-hydrogen) atoms. The van der Waals surface area contributed by atoms with Gasteiger partial charge in [0.1, 0.15) is 0 Å². The molecule has 0 spiro atoms. The maximum Gasteiger partial charge on any atom is 0.257 e. The van der Waals surface area contributed by atoms with Gasteiger partial charge >= 0.3 is 0 Å². The molecule has 2 aromatic carbocycles. The molecule has 0 bridgehead atoms. The Morgan fingerprint density at radius 2 is 1.53 bits per heavy atom. The number of anilines is 2. The summed E-state index contributed by atoms with van der Waals surface area (Å²) in [5, 5.41) is 17.0. The van der Waals surface area contributed by atoms with Crippen molar-refractivity contribution in [3.8, 4) is 0 Å². The van der Waals surface area contributed by atoms with Crippen LogP contribution in [0.25, 0.3) is 0 Å². The van der Waals surface area contributed by atoms with Crippen LogP contribution in [0.3, 0.4) is 0 Å². The topological polar surface area (TPSA) is 98.3 Å². The lowest BCUT2D eigenvalue weighted by molar-refractivity contribution is -0.313. The number of aliphatic carboxylic acids is 1. The van der Waals surface area contributed by atoms with E-state index in [0.29, 0.717) is 35.7 Å². The number of rotatable bonds is 6. The van der Waals surface area contributed by atoms with Crippen molar-refractivity contribution in [2.75, 3.05) is 10.6 Å². The van der Waals surface area contributed by atoms with Crippen LogP contribution < -0.4 is 15.7 Å².